The van der Waals surface area contributed by atoms with Gasteiger partial charge in [-0.3, -0.25) is 4.90 Å². The average molecular weight is 133 g/mol. The van der Waals surface area contributed by atoms with E-state index >= 15 is 0 Å². The Morgan fingerprint density at radius 2 is 1.60 bits per heavy atom. The topological polar surface area (TPSA) is 50.8 Å². The van der Waals surface area contributed by atoms with Crippen molar-refractivity contribution in [1.82, 2.24) is 4.90 Å². The van der Waals surface area contributed by atoms with E-state index in [2.05, 4.69) is 5.92 Å². The third-order valence-corrected chi connectivity index (χ3v) is 0.904. The second kappa shape index (κ2) is 5.63. The molecule has 3 heteroatoms. The summed E-state index contributed by atoms with van der Waals surface area (Å²) in [5.41, 5.74) is 0. The van der Waals surface area contributed by atoms with Gasteiger partial charge in [0.2, 0.25) is 0 Å². The van der Waals surface area contributed by atoms with Crippen molar-refractivity contribution in [3.05, 3.63) is 0 Å². The van der Waals surface area contributed by atoms with Gasteiger partial charge in [-0.2, -0.15) is 10.5 Å². The summed E-state index contributed by atoms with van der Waals surface area (Å²) in [6.45, 7) is 0.802. The summed E-state index contributed by atoms with van der Waals surface area (Å²) in [5, 5.41) is 16.4. The van der Waals surface area contributed by atoms with Crippen molar-refractivity contribution in [3.8, 4) is 24.5 Å². The molecule has 0 N–H and O–H groups in total. The Hall–Kier alpha value is -1.50. The summed E-state index contributed by atoms with van der Waals surface area (Å²) in [6.07, 6.45) is 4.98. The molecule has 50 valence electrons. The fourth-order valence-electron chi connectivity index (χ4n) is 0.497. The van der Waals surface area contributed by atoms with Crippen molar-refractivity contribution in [2.24, 2.45) is 0 Å². The summed E-state index contributed by atoms with van der Waals surface area (Å²) in [4.78, 5) is 1.58. The van der Waals surface area contributed by atoms with Gasteiger partial charge in [-0.05, 0) is 0 Å². The van der Waals surface area contributed by atoms with Crippen LogP contribution >= 0.6 is 0 Å². The molecule has 10 heavy (non-hydrogen) atoms. The molecule has 0 heterocycles. The molecule has 0 atom stereocenters. The Labute approximate surface area is 60.5 Å². The minimum atomic E-state index is 0.220. The van der Waals surface area contributed by atoms with Crippen molar-refractivity contribution >= 4 is 0 Å². The Kier molecular flexibility index (Phi) is 4.79. The lowest BCUT2D eigenvalue weighted by atomic mass is 10.5. The lowest BCUT2D eigenvalue weighted by Crippen LogP contribution is -2.24. The molecular weight excluding hydrogens is 126 g/mol. The van der Waals surface area contributed by atoms with Crippen molar-refractivity contribution in [1.29, 1.82) is 10.5 Å². The maximum Gasteiger partial charge on any atom is 0.0882 e. The van der Waals surface area contributed by atoms with Crippen LogP contribution in [-0.2, 0) is 0 Å². The standard InChI is InChI=1S/C7H7N3/c1-2-5-10(6-3-8)7-4-9/h1H,5-7H2. The van der Waals surface area contributed by atoms with Crippen LogP contribution in [0.5, 0.6) is 0 Å². The van der Waals surface area contributed by atoms with E-state index in [1.54, 1.807) is 4.90 Å². The first kappa shape index (κ1) is 8.50. The summed E-state index contributed by atoms with van der Waals surface area (Å²) >= 11 is 0. The molecule has 0 saturated heterocycles. The van der Waals surface area contributed by atoms with Crippen molar-refractivity contribution in [2.45, 2.75) is 0 Å². The second-order valence-corrected chi connectivity index (χ2v) is 1.67. The summed E-state index contributed by atoms with van der Waals surface area (Å²) in [5.74, 6) is 2.36. The van der Waals surface area contributed by atoms with Crippen LogP contribution in [0, 0.1) is 35.0 Å². The van der Waals surface area contributed by atoms with E-state index in [9.17, 15) is 0 Å². The molecule has 0 spiro atoms. The minimum absolute atomic E-state index is 0.220. The largest absolute Gasteiger partial charge is 0.266 e. The Morgan fingerprint density at radius 1 is 1.10 bits per heavy atom. The highest BCUT2D eigenvalue weighted by Gasteiger charge is 1.98. The molecule has 0 bridgehead atoms. The molecule has 0 aromatic heterocycles. The van der Waals surface area contributed by atoms with Gasteiger partial charge < -0.3 is 0 Å². The number of hydrogen-bond acceptors (Lipinski definition) is 3. The van der Waals surface area contributed by atoms with Gasteiger partial charge in [0.1, 0.15) is 0 Å². The third kappa shape index (κ3) is 3.50. The summed E-state index contributed by atoms with van der Waals surface area (Å²) in [6, 6.07) is 3.83. The average Bonchev–Trinajstić information content (AvgIpc) is 1.90. The normalized spacial score (nSPS) is 7.80. The zero-order valence-corrected chi connectivity index (χ0v) is 5.54. The molecule has 0 aromatic rings. The molecule has 0 amide bonds. The zero-order chi connectivity index (χ0) is 7.82. The van der Waals surface area contributed by atoms with E-state index in [-0.39, 0.29) is 13.1 Å². The van der Waals surface area contributed by atoms with E-state index in [1.165, 1.54) is 0 Å². The maximum absolute atomic E-state index is 8.22. The smallest absolute Gasteiger partial charge is 0.0882 e. The quantitative estimate of drug-likeness (QED) is 0.401. The Bertz CT molecular complexity index is 162. The second-order valence-electron chi connectivity index (χ2n) is 1.67. The first-order valence-electron chi connectivity index (χ1n) is 2.75. The van der Waals surface area contributed by atoms with Crippen molar-refractivity contribution in [2.75, 3.05) is 19.6 Å². The summed E-state index contributed by atoms with van der Waals surface area (Å²) in [7, 11) is 0. The van der Waals surface area contributed by atoms with Gasteiger partial charge in [0.25, 0.3) is 0 Å². The van der Waals surface area contributed by atoms with Crippen molar-refractivity contribution in [3.63, 3.8) is 0 Å². The van der Waals surface area contributed by atoms with E-state index in [0.29, 0.717) is 6.54 Å². The van der Waals surface area contributed by atoms with Crippen LogP contribution in [0.1, 0.15) is 0 Å². The first-order valence-corrected chi connectivity index (χ1v) is 2.75. The van der Waals surface area contributed by atoms with Gasteiger partial charge in [0.15, 0.2) is 0 Å². The molecule has 0 aliphatic carbocycles. The molecule has 0 aromatic carbocycles. The van der Waals surface area contributed by atoms with Gasteiger partial charge >= 0.3 is 0 Å². The van der Waals surface area contributed by atoms with Gasteiger partial charge in [-0.15, -0.1) is 6.42 Å². The molecule has 0 rings (SSSR count). The van der Waals surface area contributed by atoms with E-state index in [1.807, 2.05) is 12.1 Å². The number of terminal acetylenes is 1. The lowest BCUT2D eigenvalue weighted by Gasteiger charge is -2.09. The van der Waals surface area contributed by atoms with Gasteiger partial charge in [-0.25, -0.2) is 0 Å². The lowest BCUT2D eigenvalue weighted by molar-refractivity contribution is 0.387. The first-order chi connectivity index (χ1) is 4.85. The van der Waals surface area contributed by atoms with Gasteiger partial charge in [0.05, 0.1) is 31.8 Å². The van der Waals surface area contributed by atoms with Crippen LogP contribution in [-0.4, -0.2) is 24.5 Å². The predicted molar refractivity (Wildman–Crippen MR) is 36.5 cm³/mol. The molecule has 0 unspecified atom stereocenters. The van der Waals surface area contributed by atoms with Crippen LogP contribution in [0.2, 0.25) is 0 Å². The number of hydrogen-bond donors (Lipinski definition) is 0. The van der Waals surface area contributed by atoms with Crippen LogP contribution in [0.4, 0.5) is 0 Å². The molecule has 0 saturated carbocycles. The number of nitrogens with zero attached hydrogens (tertiary/aromatic N) is 3. The van der Waals surface area contributed by atoms with E-state index in [4.69, 9.17) is 16.9 Å². The Morgan fingerprint density at radius 3 is 1.90 bits per heavy atom. The number of rotatable bonds is 3. The van der Waals surface area contributed by atoms with Crippen LogP contribution in [0.25, 0.3) is 0 Å². The van der Waals surface area contributed by atoms with Crippen LogP contribution < -0.4 is 0 Å². The zero-order valence-electron chi connectivity index (χ0n) is 5.54. The number of nitriles is 2. The van der Waals surface area contributed by atoms with Crippen LogP contribution in [0.3, 0.4) is 0 Å². The minimum Gasteiger partial charge on any atom is -0.266 e. The third-order valence-electron chi connectivity index (χ3n) is 0.904. The highest BCUT2D eigenvalue weighted by Crippen LogP contribution is 1.82. The SMILES string of the molecule is C#CCN(CC#N)CC#N. The van der Waals surface area contributed by atoms with Gasteiger partial charge in [-0.1, -0.05) is 5.92 Å². The monoisotopic (exact) mass is 133 g/mol. The highest BCUT2D eigenvalue weighted by molar-refractivity contribution is 4.93. The van der Waals surface area contributed by atoms with Gasteiger partial charge in [0, 0.05) is 0 Å². The fraction of sp³-hybridized carbons (Fsp3) is 0.429. The molecule has 0 aliphatic heterocycles. The maximum atomic E-state index is 8.22. The molecule has 0 fully saturated rings. The molecular formula is C7H7N3. The molecule has 0 aliphatic rings. The van der Waals surface area contributed by atoms with Crippen molar-refractivity contribution < 1.29 is 0 Å². The summed E-state index contributed by atoms with van der Waals surface area (Å²) < 4.78 is 0. The predicted octanol–water partition coefficient (Wildman–Crippen LogP) is -0.0312. The van der Waals surface area contributed by atoms with E-state index in [0.717, 1.165) is 0 Å². The molecule has 0 radical (unpaired) electrons. The fourth-order valence-corrected chi connectivity index (χ4v) is 0.497. The Balaban J connectivity index is 3.68. The highest BCUT2D eigenvalue weighted by atomic mass is 15.1. The van der Waals surface area contributed by atoms with E-state index < -0.39 is 0 Å². The van der Waals surface area contributed by atoms with Crippen LogP contribution in [0.15, 0.2) is 0 Å². The molecule has 3 nitrogen and oxygen atoms in total.